The summed E-state index contributed by atoms with van der Waals surface area (Å²) in [5, 5.41) is 3.35. The lowest BCUT2D eigenvalue weighted by Gasteiger charge is -2.25. The molecule has 98 valence electrons. The van der Waals surface area contributed by atoms with Gasteiger partial charge in [-0.1, -0.05) is 17.7 Å². The number of nitrogens with two attached hydrogens (primary N) is 1. The van der Waals surface area contributed by atoms with Crippen LogP contribution in [-0.2, 0) is 9.53 Å². The fourth-order valence-electron chi connectivity index (χ4n) is 1.91. The van der Waals surface area contributed by atoms with Crippen LogP contribution in [0.5, 0.6) is 0 Å². The molecule has 0 saturated carbocycles. The van der Waals surface area contributed by atoms with Crippen LogP contribution < -0.4 is 11.1 Å². The molecule has 2 unspecified atom stereocenters. The standard InChI is InChI=1S/C13H17ClN2O2/c1-8-3-4-10(9(14)5-8)16-12(17)13(2)7-18-6-11(13)15/h3-5,11H,6-7,15H2,1-2H3,(H,16,17). The largest absolute Gasteiger partial charge is 0.379 e. The van der Waals surface area contributed by atoms with Crippen molar-refractivity contribution in [2.75, 3.05) is 18.5 Å². The molecule has 2 atom stereocenters. The number of rotatable bonds is 2. The topological polar surface area (TPSA) is 64.3 Å². The monoisotopic (exact) mass is 268 g/mol. The summed E-state index contributed by atoms with van der Waals surface area (Å²) < 4.78 is 5.26. The zero-order valence-corrected chi connectivity index (χ0v) is 11.3. The molecule has 1 aromatic carbocycles. The number of amides is 1. The van der Waals surface area contributed by atoms with Crippen molar-refractivity contribution in [2.24, 2.45) is 11.1 Å². The number of carbonyl (C=O) groups excluding carboxylic acids is 1. The number of aryl methyl sites for hydroxylation is 1. The van der Waals surface area contributed by atoms with E-state index >= 15 is 0 Å². The molecule has 0 spiro atoms. The summed E-state index contributed by atoms with van der Waals surface area (Å²) in [7, 11) is 0. The van der Waals surface area contributed by atoms with Gasteiger partial charge in [-0.3, -0.25) is 4.79 Å². The number of carbonyl (C=O) groups is 1. The Labute approximate surface area is 111 Å². The molecule has 1 saturated heterocycles. The molecular weight excluding hydrogens is 252 g/mol. The van der Waals surface area contributed by atoms with Crippen LogP contribution in [0, 0.1) is 12.3 Å². The highest BCUT2D eigenvalue weighted by atomic mass is 35.5. The van der Waals surface area contributed by atoms with Crippen molar-refractivity contribution in [3.8, 4) is 0 Å². The Morgan fingerprint density at radius 2 is 2.33 bits per heavy atom. The quantitative estimate of drug-likeness (QED) is 0.862. The summed E-state index contributed by atoms with van der Waals surface area (Å²) in [5.41, 5.74) is 6.86. The molecule has 1 heterocycles. The first-order valence-corrected chi connectivity index (χ1v) is 6.22. The van der Waals surface area contributed by atoms with Gasteiger partial charge in [0.15, 0.2) is 0 Å². The molecule has 5 heteroatoms. The molecule has 0 aromatic heterocycles. The summed E-state index contributed by atoms with van der Waals surface area (Å²) in [5.74, 6) is -0.154. The highest BCUT2D eigenvalue weighted by molar-refractivity contribution is 6.33. The highest BCUT2D eigenvalue weighted by Gasteiger charge is 2.44. The molecule has 18 heavy (non-hydrogen) atoms. The molecule has 1 amide bonds. The van der Waals surface area contributed by atoms with Gasteiger partial charge >= 0.3 is 0 Å². The van der Waals surface area contributed by atoms with E-state index in [2.05, 4.69) is 5.32 Å². The van der Waals surface area contributed by atoms with Gasteiger partial charge in [0.05, 0.1) is 29.3 Å². The van der Waals surface area contributed by atoms with Crippen LogP contribution in [0.2, 0.25) is 5.02 Å². The minimum absolute atomic E-state index is 0.154. The first kappa shape index (κ1) is 13.3. The number of anilines is 1. The minimum Gasteiger partial charge on any atom is -0.379 e. The molecule has 2 rings (SSSR count). The van der Waals surface area contributed by atoms with Gasteiger partial charge < -0.3 is 15.8 Å². The van der Waals surface area contributed by atoms with Crippen molar-refractivity contribution >= 4 is 23.2 Å². The Morgan fingerprint density at radius 3 is 2.89 bits per heavy atom. The van der Waals surface area contributed by atoms with E-state index in [1.165, 1.54) is 0 Å². The van der Waals surface area contributed by atoms with E-state index in [9.17, 15) is 4.79 Å². The van der Waals surface area contributed by atoms with Crippen molar-refractivity contribution in [3.05, 3.63) is 28.8 Å². The molecule has 1 fully saturated rings. The van der Waals surface area contributed by atoms with Crippen LogP contribution in [0.3, 0.4) is 0 Å². The van der Waals surface area contributed by atoms with Crippen LogP contribution in [0.15, 0.2) is 18.2 Å². The summed E-state index contributed by atoms with van der Waals surface area (Å²) in [4.78, 5) is 12.3. The fourth-order valence-corrected chi connectivity index (χ4v) is 2.19. The average molecular weight is 269 g/mol. The normalized spacial score (nSPS) is 27.2. The SMILES string of the molecule is Cc1ccc(NC(=O)C2(C)COCC2N)c(Cl)c1. The van der Waals surface area contributed by atoms with Gasteiger partial charge in [0.25, 0.3) is 0 Å². The Balaban J connectivity index is 2.16. The van der Waals surface area contributed by atoms with Crippen LogP contribution in [-0.4, -0.2) is 25.2 Å². The second-order valence-corrected chi connectivity index (χ2v) is 5.38. The van der Waals surface area contributed by atoms with E-state index in [1.807, 2.05) is 26.0 Å². The maximum atomic E-state index is 12.3. The van der Waals surface area contributed by atoms with E-state index in [0.717, 1.165) is 5.56 Å². The van der Waals surface area contributed by atoms with Gasteiger partial charge in [0.1, 0.15) is 0 Å². The molecule has 1 aliphatic rings. The number of ether oxygens (including phenoxy) is 1. The number of benzene rings is 1. The van der Waals surface area contributed by atoms with Gasteiger partial charge in [0.2, 0.25) is 5.91 Å². The van der Waals surface area contributed by atoms with Gasteiger partial charge in [-0.25, -0.2) is 0 Å². The van der Waals surface area contributed by atoms with Crippen molar-refractivity contribution in [2.45, 2.75) is 19.9 Å². The van der Waals surface area contributed by atoms with Gasteiger partial charge in [-0.2, -0.15) is 0 Å². The Kier molecular flexibility index (Phi) is 3.61. The van der Waals surface area contributed by atoms with Crippen LogP contribution in [0.1, 0.15) is 12.5 Å². The van der Waals surface area contributed by atoms with E-state index in [-0.39, 0.29) is 11.9 Å². The Morgan fingerprint density at radius 1 is 1.61 bits per heavy atom. The lowest BCUT2D eigenvalue weighted by molar-refractivity contribution is -0.125. The predicted octanol–water partition coefficient (Wildman–Crippen LogP) is 1.95. The lowest BCUT2D eigenvalue weighted by Crippen LogP contribution is -2.47. The predicted molar refractivity (Wildman–Crippen MR) is 71.7 cm³/mol. The Hall–Kier alpha value is -1.10. The smallest absolute Gasteiger partial charge is 0.234 e. The molecule has 0 radical (unpaired) electrons. The summed E-state index contributed by atoms with van der Waals surface area (Å²) in [6.07, 6.45) is 0. The number of hydrogen-bond donors (Lipinski definition) is 2. The molecule has 1 aliphatic heterocycles. The third-order valence-corrected chi connectivity index (χ3v) is 3.72. The molecule has 0 bridgehead atoms. The lowest BCUT2D eigenvalue weighted by atomic mass is 9.85. The number of nitrogens with one attached hydrogen (secondary N) is 1. The van der Waals surface area contributed by atoms with E-state index in [0.29, 0.717) is 23.9 Å². The zero-order chi connectivity index (χ0) is 13.3. The van der Waals surface area contributed by atoms with Crippen molar-refractivity contribution in [1.29, 1.82) is 0 Å². The van der Waals surface area contributed by atoms with Crippen LogP contribution in [0.4, 0.5) is 5.69 Å². The molecule has 0 aliphatic carbocycles. The molecule has 3 N–H and O–H groups in total. The van der Waals surface area contributed by atoms with E-state index in [1.54, 1.807) is 6.07 Å². The van der Waals surface area contributed by atoms with E-state index in [4.69, 9.17) is 22.1 Å². The van der Waals surface area contributed by atoms with Crippen molar-refractivity contribution in [1.82, 2.24) is 0 Å². The first-order valence-electron chi connectivity index (χ1n) is 5.84. The fraction of sp³-hybridized carbons (Fsp3) is 0.462. The van der Waals surface area contributed by atoms with Gasteiger partial charge in [-0.15, -0.1) is 0 Å². The summed E-state index contributed by atoms with van der Waals surface area (Å²) in [6.45, 7) is 4.50. The van der Waals surface area contributed by atoms with Crippen molar-refractivity contribution in [3.63, 3.8) is 0 Å². The van der Waals surface area contributed by atoms with Gasteiger partial charge in [0, 0.05) is 6.04 Å². The highest BCUT2D eigenvalue weighted by Crippen LogP contribution is 2.30. The van der Waals surface area contributed by atoms with Crippen molar-refractivity contribution < 1.29 is 9.53 Å². The second kappa shape index (κ2) is 4.88. The van der Waals surface area contributed by atoms with Crippen LogP contribution in [0.25, 0.3) is 0 Å². The first-order chi connectivity index (χ1) is 8.43. The van der Waals surface area contributed by atoms with E-state index < -0.39 is 5.41 Å². The maximum absolute atomic E-state index is 12.3. The third-order valence-electron chi connectivity index (χ3n) is 3.41. The molecule has 4 nitrogen and oxygen atoms in total. The molecule has 1 aromatic rings. The summed E-state index contributed by atoms with van der Waals surface area (Å²) in [6, 6.07) is 5.21. The molecular formula is C13H17ClN2O2. The second-order valence-electron chi connectivity index (χ2n) is 4.98. The van der Waals surface area contributed by atoms with Crippen LogP contribution >= 0.6 is 11.6 Å². The third kappa shape index (κ3) is 2.36. The number of halogens is 1. The summed E-state index contributed by atoms with van der Waals surface area (Å²) >= 11 is 6.08. The Bertz CT molecular complexity index is 478. The number of hydrogen-bond acceptors (Lipinski definition) is 3. The average Bonchev–Trinajstić information content (AvgIpc) is 2.64. The minimum atomic E-state index is -0.700. The maximum Gasteiger partial charge on any atom is 0.234 e. The zero-order valence-electron chi connectivity index (χ0n) is 10.5. The van der Waals surface area contributed by atoms with Gasteiger partial charge in [-0.05, 0) is 31.5 Å².